The molecule has 1 heterocycles. The Bertz CT molecular complexity index is 260. The van der Waals surface area contributed by atoms with Crippen molar-refractivity contribution < 1.29 is 14.7 Å². The van der Waals surface area contributed by atoms with Gasteiger partial charge in [0, 0.05) is 19.0 Å². The Labute approximate surface area is 83.9 Å². The summed E-state index contributed by atoms with van der Waals surface area (Å²) in [5.41, 5.74) is -0.197. The molecule has 1 N–H and O–H groups in total. The zero-order chi connectivity index (χ0) is 10.9. The lowest BCUT2D eigenvalue weighted by atomic mass is 9.85. The van der Waals surface area contributed by atoms with Gasteiger partial charge in [0.05, 0.1) is 5.92 Å². The van der Waals surface area contributed by atoms with Gasteiger partial charge in [0.1, 0.15) is 0 Å². The number of nitrogens with zero attached hydrogens (tertiary/aromatic N) is 1. The number of carbonyl (C=O) groups is 2. The van der Waals surface area contributed by atoms with Gasteiger partial charge in [-0.05, 0) is 26.7 Å². The van der Waals surface area contributed by atoms with E-state index in [1.54, 1.807) is 4.90 Å². The molecule has 0 saturated carbocycles. The first-order valence-electron chi connectivity index (χ1n) is 4.85. The van der Waals surface area contributed by atoms with Crippen LogP contribution in [0.4, 0.5) is 0 Å². The monoisotopic (exact) mass is 199 g/mol. The standard InChI is InChI=1S/C10H17NO3/c1-7(12)11-6-8(9(13)14)4-5-10(11,2)3/h8H,4-6H2,1-3H3,(H,13,14). The average Bonchev–Trinajstić information content (AvgIpc) is 2.02. The molecule has 0 aromatic rings. The lowest BCUT2D eigenvalue weighted by molar-refractivity contribution is -0.149. The zero-order valence-electron chi connectivity index (χ0n) is 8.91. The first-order valence-corrected chi connectivity index (χ1v) is 4.85. The minimum absolute atomic E-state index is 0.0408. The minimum Gasteiger partial charge on any atom is -0.481 e. The second kappa shape index (κ2) is 3.59. The molecule has 14 heavy (non-hydrogen) atoms. The molecule has 0 spiro atoms. The number of rotatable bonds is 1. The Morgan fingerprint density at radius 2 is 2.00 bits per heavy atom. The second-order valence-electron chi connectivity index (χ2n) is 4.52. The molecule has 4 heteroatoms. The highest BCUT2D eigenvalue weighted by molar-refractivity contribution is 5.76. The van der Waals surface area contributed by atoms with Gasteiger partial charge < -0.3 is 10.0 Å². The summed E-state index contributed by atoms with van der Waals surface area (Å²) in [6, 6.07) is 0. The summed E-state index contributed by atoms with van der Waals surface area (Å²) in [5, 5.41) is 8.87. The number of hydrogen-bond acceptors (Lipinski definition) is 2. The number of hydrogen-bond donors (Lipinski definition) is 1. The van der Waals surface area contributed by atoms with Crippen molar-refractivity contribution in [2.45, 2.75) is 39.2 Å². The number of likely N-dealkylation sites (tertiary alicyclic amines) is 1. The largest absolute Gasteiger partial charge is 0.481 e. The molecule has 1 fully saturated rings. The maximum atomic E-state index is 11.3. The van der Waals surface area contributed by atoms with Crippen LogP contribution in [0.2, 0.25) is 0 Å². The maximum Gasteiger partial charge on any atom is 0.308 e. The summed E-state index contributed by atoms with van der Waals surface area (Å²) >= 11 is 0. The molecule has 0 radical (unpaired) electrons. The summed E-state index contributed by atoms with van der Waals surface area (Å²) in [6.07, 6.45) is 1.41. The summed E-state index contributed by atoms with van der Waals surface area (Å²) in [7, 11) is 0. The predicted molar refractivity (Wildman–Crippen MR) is 51.8 cm³/mol. The topological polar surface area (TPSA) is 57.6 Å². The van der Waals surface area contributed by atoms with Crippen LogP contribution in [0.1, 0.15) is 33.6 Å². The van der Waals surface area contributed by atoms with E-state index in [1.165, 1.54) is 6.92 Å². The second-order valence-corrected chi connectivity index (χ2v) is 4.52. The van der Waals surface area contributed by atoms with Crippen molar-refractivity contribution in [3.05, 3.63) is 0 Å². The van der Waals surface area contributed by atoms with Crippen molar-refractivity contribution in [2.75, 3.05) is 6.54 Å². The number of aliphatic carboxylic acids is 1. The lowest BCUT2D eigenvalue weighted by Gasteiger charge is -2.44. The summed E-state index contributed by atoms with van der Waals surface area (Å²) < 4.78 is 0. The highest BCUT2D eigenvalue weighted by atomic mass is 16.4. The number of carboxylic acids is 1. The van der Waals surface area contributed by atoms with E-state index in [-0.39, 0.29) is 11.4 Å². The third-order valence-corrected chi connectivity index (χ3v) is 2.97. The van der Waals surface area contributed by atoms with E-state index in [1.807, 2.05) is 13.8 Å². The molecule has 1 aliphatic heterocycles. The van der Waals surface area contributed by atoms with Crippen LogP contribution in [0.25, 0.3) is 0 Å². The van der Waals surface area contributed by atoms with Crippen molar-refractivity contribution in [2.24, 2.45) is 5.92 Å². The first-order chi connectivity index (χ1) is 6.34. The molecular formula is C10H17NO3. The Morgan fingerprint density at radius 3 is 2.43 bits per heavy atom. The fraction of sp³-hybridized carbons (Fsp3) is 0.800. The van der Waals surface area contributed by atoms with Crippen molar-refractivity contribution in [3.8, 4) is 0 Å². The number of piperidine rings is 1. The van der Waals surface area contributed by atoms with Crippen molar-refractivity contribution in [1.29, 1.82) is 0 Å². The van der Waals surface area contributed by atoms with Gasteiger partial charge in [0.25, 0.3) is 0 Å². The smallest absolute Gasteiger partial charge is 0.308 e. The quantitative estimate of drug-likeness (QED) is 0.688. The maximum absolute atomic E-state index is 11.3. The van der Waals surface area contributed by atoms with Crippen molar-refractivity contribution in [1.82, 2.24) is 4.90 Å². The van der Waals surface area contributed by atoms with Gasteiger partial charge in [-0.25, -0.2) is 0 Å². The molecule has 80 valence electrons. The molecule has 4 nitrogen and oxygen atoms in total. The Hall–Kier alpha value is -1.06. The molecule has 1 aliphatic rings. The van der Waals surface area contributed by atoms with Gasteiger partial charge in [0.2, 0.25) is 5.91 Å². The Balaban J connectivity index is 2.77. The predicted octanol–water partition coefficient (Wildman–Crippen LogP) is 1.11. The highest BCUT2D eigenvalue weighted by Gasteiger charge is 2.38. The fourth-order valence-electron chi connectivity index (χ4n) is 1.98. The van der Waals surface area contributed by atoms with Gasteiger partial charge in [-0.15, -0.1) is 0 Å². The van der Waals surface area contributed by atoms with Crippen LogP contribution in [-0.4, -0.2) is 34.0 Å². The van der Waals surface area contributed by atoms with E-state index in [0.717, 1.165) is 6.42 Å². The normalized spacial score (nSPS) is 25.9. The molecule has 1 atom stereocenters. The van der Waals surface area contributed by atoms with E-state index >= 15 is 0 Å². The SMILES string of the molecule is CC(=O)N1CC(C(=O)O)CCC1(C)C. The van der Waals surface area contributed by atoms with E-state index in [9.17, 15) is 9.59 Å². The molecule has 0 aliphatic carbocycles. The van der Waals surface area contributed by atoms with Gasteiger partial charge in [-0.1, -0.05) is 0 Å². The van der Waals surface area contributed by atoms with Gasteiger partial charge in [-0.2, -0.15) is 0 Å². The van der Waals surface area contributed by atoms with Crippen molar-refractivity contribution in [3.63, 3.8) is 0 Å². The molecule has 0 aromatic heterocycles. The van der Waals surface area contributed by atoms with E-state index < -0.39 is 11.9 Å². The molecule has 1 saturated heterocycles. The van der Waals surface area contributed by atoms with Gasteiger partial charge in [-0.3, -0.25) is 9.59 Å². The van der Waals surface area contributed by atoms with E-state index in [4.69, 9.17) is 5.11 Å². The van der Waals surface area contributed by atoms with E-state index in [0.29, 0.717) is 13.0 Å². The molecule has 0 bridgehead atoms. The Kier molecular flexibility index (Phi) is 2.83. The minimum atomic E-state index is -0.799. The molecule has 0 aromatic carbocycles. The molecule has 1 rings (SSSR count). The lowest BCUT2D eigenvalue weighted by Crippen LogP contribution is -2.53. The number of carbonyl (C=O) groups excluding carboxylic acids is 1. The summed E-state index contributed by atoms with van der Waals surface area (Å²) in [5.74, 6) is -1.24. The third kappa shape index (κ3) is 2.05. The average molecular weight is 199 g/mol. The molecule has 1 unspecified atom stereocenters. The van der Waals surface area contributed by atoms with Crippen LogP contribution < -0.4 is 0 Å². The number of carboxylic acid groups (broad SMARTS) is 1. The van der Waals surface area contributed by atoms with E-state index in [2.05, 4.69) is 0 Å². The van der Waals surface area contributed by atoms with Crippen molar-refractivity contribution >= 4 is 11.9 Å². The van der Waals surface area contributed by atoms with Crippen LogP contribution in [0, 0.1) is 5.92 Å². The first kappa shape index (κ1) is 11.0. The van der Waals surface area contributed by atoms with Gasteiger partial charge >= 0.3 is 5.97 Å². The Morgan fingerprint density at radius 1 is 1.43 bits per heavy atom. The fourth-order valence-corrected chi connectivity index (χ4v) is 1.98. The van der Waals surface area contributed by atoms with Crippen LogP contribution in [0.15, 0.2) is 0 Å². The molecular weight excluding hydrogens is 182 g/mol. The third-order valence-electron chi connectivity index (χ3n) is 2.97. The molecule has 1 amide bonds. The van der Waals surface area contributed by atoms with Crippen LogP contribution in [-0.2, 0) is 9.59 Å². The van der Waals surface area contributed by atoms with Gasteiger partial charge in [0.15, 0.2) is 0 Å². The highest BCUT2D eigenvalue weighted by Crippen LogP contribution is 2.30. The van der Waals surface area contributed by atoms with Crippen LogP contribution in [0.3, 0.4) is 0 Å². The zero-order valence-corrected chi connectivity index (χ0v) is 8.91. The summed E-state index contributed by atoms with van der Waals surface area (Å²) in [4.78, 5) is 23.8. The number of amides is 1. The van der Waals surface area contributed by atoms with Crippen LogP contribution >= 0.6 is 0 Å². The summed E-state index contributed by atoms with van der Waals surface area (Å²) in [6.45, 7) is 5.79. The van der Waals surface area contributed by atoms with Crippen LogP contribution in [0.5, 0.6) is 0 Å².